The molecule has 116 valence electrons. The van der Waals surface area contributed by atoms with Crippen molar-refractivity contribution >= 4 is 10.9 Å². The highest BCUT2D eigenvalue weighted by molar-refractivity contribution is 6.01. The molecule has 23 heavy (non-hydrogen) atoms. The van der Waals surface area contributed by atoms with Gasteiger partial charge in [0.15, 0.2) is 0 Å². The van der Waals surface area contributed by atoms with Crippen LogP contribution in [0.3, 0.4) is 0 Å². The van der Waals surface area contributed by atoms with E-state index in [0.717, 1.165) is 16.5 Å². The second kappa shape index (κ2) is 4.69. The van der Waals surface area contributed by atoms with Gasteiger partial charge < -0.3 is 9.47 Å². The summed E-state index contributed by atoms with van der Waals surface area (Å²) in [5, 5.41) is 0.902. The molecule has 0 aliphatic heterocycles. The molecule has 0 amide bonds. The van der Waals surface area contributed by atoms with Crippen molar-refractivity contribution in [3.63, 3.8) is 0 Å². The summed E-state index contributed by atoms with van der Waals surface area (Å²) >= 11 is 0. The molecule has 0 radical (unpaired) electrons. The van der Waals surface area contributed by atoms with E-state index >= 15 is 0 Å². The number of benzene rings is 2. The van der Waals surface area contributed by atoms with Crippen molar-refractivity contribution in [1.29, 1.82) is 0 Å². The number of nitrogens with zero attached hydrogens (tertiary/aromatic N) is 2. The molecule has 1 aliphatic rings. The molecular weight excluding hydrogens is 288 g/mol. The molecule has 0 unspecified atom stereocenters. The Hall–Kier alpha value is -2.62. The lowest BCUT2D eigenvalue weighted by molar-refractivity contribution is 0.357. The Kier molecular flexibility index (Phi) is 2.85. The van der Waals surface area contributed by atoms with E-state index in [4.69, 9.17) is 9.47 Å². The smallest absolute Gasteiger partial charge is 0.320 e. The molecule has 0 N–H and O–H groups in total. The number of ether oxygens (including phenoxy) is 2. The molecule has 0 bridgehead atoms. The van der Waals surface area contributed by atoms with Gasteiger partial charge in [-0.3, -0.25) is 0 Å². The normalized spacial score (nSPS) is 14.4. The maximum Gasteiger partial charge on any atom is 0.320 e. The number of hydrogen-bond donors (Lipinski definition) is 0. The van der Waals surface area contributed by atoms with E-state index in [2.05, 4.69) is 54.1 Å². The van der Waals surface area contributed by atoms with Gasteiger partial charge in [-0.15, -0.1) is 0 Å². The van der Waals surface area contributed by atoms with Gasteiger partial charge in [-0.1, -0.05) is 44.2 Å². The van der Waals surface area contributed by atoms with Crippen molar-refractivity contribution in [3.8, 4) is 23.0 Å². The van der Waals surface area contributed by atoms with Crippen molar-refractivity contribution in [2.24, 2.45) is 0 Å². The van der Waals surface area contributed by atoms with Crippen LogP contribution in [-0.2, 0) is 5.41 Å². The number of methoxy groups -OCH3 is 2. The third kappa shape index (κ3) is 1.78. The summed E-state index contributed by atoms with van der Waals surface area (Å²) in [6.45, 7) is 4.50. The van der Waals surface area contributed by atoms with Crippen molar-refractivity contribution in [3.05, 3.63) is 47.5 Å². The maximum absolute atomic E-state index is 5.44. The maximum atomic E-state index is 5.44. The molecule has 0 atom stereocenters. The van der Waals surface area contributed by atoms with Crippen molar-refractivity contribution in [1.82, 2.24) is 9.97 Å². The van der Waals surface area contributed by atoms with Gasteiger partial charge in [0.1, 0.15) is 0 Å². The van der Waals surface area contributed by atoms with Gasteiger partial charge in [-0.2, -0.15) is 9.97 Å². The molecule has 1 aromatic heterocycles. The van der Waals surface area contributed by atoms with Crippen LogP contribution in [-0.4, -0.2) is 24.2 Å². The largest absolute Gasteiger partial charge is 0.480 e. The average molecular weight is 306 g/mol. The molecular formula is C19H18N2O2. The molecule has 1 heterocycles. The molecule has 0 spiro atoms. The summed E-state index contributed by atoms with van der Waals surface area (Å²) in [5.74, 6) is 0.539. The minimum absolute atomic E-state index is 0.0501. The third-order valence-electron chi connectivity index (χ3n) is 4.73. The topological polar surface area (TPSA) is 44.2 Å². The van der Waals surface area contributed by atoms with E-state index < -0.39 is 0 Å². The number of fused-ring (bicyclic) bond motifs is 5. The standard InChI is InChI=1S/C19H18N2O2/c1-19(2)13-8-6-5-7-11(13)15-14(19)10-9-12-16(15)20-18(23-4)21-17(12)22-3/h5-10H,1-4H3. The van der Waals surface area contributed by atoms with Gasteiger partial charge in [-0.25, -0.2) is 0 Å². The Morgan fingerprint density at radius 1 is 0.870 bits per heavy atom. The van der Waals surface area contributed by atoms with Crippen LogP contribution in [0.25, 0.3) is 22.0 Å². The fraction of sp³-hybridized carbons (Fsp3) is 0.263. The predicted molar refractivity (Wildman–Crippen MR) is 90.2 cm³/mol. The lowest BCUT2D eigenvalue weighted by Crippen LogP contribution is -2.14. The second-order valence-electron chi connectivity index (χ2n) is 6.27. The molecule has 0 fully saturated rings. The van der Waals surface area contributed by atoms with Crippen LogP contribution in [0.15, 0.2) is 36.4 Å². The Morgan fingerprint density at radius 3 is 2.39 bits per heavy atom. The SMILES string of the molecule is COc1nc(OC)c2ccc3c(c2n1)-c1ccccc1C3(C)C. The highest BCUT2D eigenvalue weighted by Gasteiger charge is 2.37. The van der Waals surface area contributed by atoms with Crippen LogP contribution in [0.2, 0.25) is 0 Å². The lowest BCUT2D eigenvalue weighted by atomic mass is 9.82. The van der Waals surface area contributed by atoms with E-state index in [9.17, 15) is 0 Å². The Bertz CT molecular complexity index is 932. The van der Waals surface area contributed by atoms with Crippen molar-refractivity contribution in [2.45, 2.75) is 19.3 Å². The highest BCUT2D eigenvalue weighted by Crippen LogP contribution is 2.51. The van der Waals surface area contributed by atoms with Crippen LogP contribution in [0, 0.1) is 0 Å². The minimum atomic E-state index is -0.0501. The number of aromatic nitrogens is 2. The number of rotatable bonds is 2. The van der Waals surface area contributed by atoms with E-state index in [1.54, 1.807) is 14.2 Å². The summed E-state index contributed by atoms with van der Waals surface area (Å²) in [6, 6.07) is 13.0. The molecule has 4 rings (SSSR count). The van der Waals surface area contributed by atoms with Gasteiger partial charge in [0.25, 0.3) is 0 Å². The fourth-order valence-electron chi connectivity index (χ4n) is 3.58. The predicted octanol–water partition coefficient (Wildman–Crippen LogP) is 3.95. The van der Waals surface area contributed by atoms with Crippen molar-refractivity contribution < 1.29 is 9.47 Å². The van der Waals surface area contributed by atoms with Crippen LogP contribution in [0.4, 0.5) is 0 Å². The second-order valence-corrected chi connectivity index (χ2v) is 6.27. The zero-order chi connectivity index (χ0) is 16.2. The fourth-order valence-corrected chi connectivity index (χ4v) is 3.58. The molecule has 2 aromatic carbocycles. The first-order valence-corrected chi connectivity index (χ1v) is 7.61. The van der Waals surface area contributed by atoms with Crippen LogP contribution in [0.1, 0.15) is 25.0 Å². The summed E-state index contributed by atoms with van der Waals surface area (Å²) < 4.78 is 10.7. The van der Waals surface area contributed by atoms with E-state index in [1.807, 2.05) is 6.07 Å². The highest BCUT2D eigenvalue weighted by atomic mass is 16.5. The Morgan fingerprint density at radius 2 is 1.65 bits per heavy atom. The van der Waals surface area contributed by atoms with Gasteiger partial charge in [0.2, 0.25) is 5.88 Å². The van der Waals surface area contributed by atoms with E-state index in [1.165, 1.54) is 16.7 Å². The van der Waals surface area contributed by atoms with E-state index in [0.29, 0.717) is 11.9 Å². The monoisotopic (exact) mass is 306 g/mol. The summed E-state index contributed by atoms with van der Waals surface area (Å²) in [6.07, 6.45) is 0. The third-order valence-corrected chi connectivity index (χ3v) is 4.73. The van der Waals surface area contributed by atoms with Gasteiger partial charge in [-0.05, 0) is 22.8 Å². The van der Waals surface area contributed by atoms with E-state index in [-0.39, 0.29) is 5.41 Å². The zero-order valence-corrected chi connectivity index (χ0v) is 13.7. The Balaban J connectivity index is 2.17. The van der Waals surface area contributed by atoms with Gasteiger partial charge in [0, 0.05) is 11.0 Å². The quantitative estimate of drug-likeness (QED) is 0.719. The van der Waals surface area contributed by atoms with Crippen LogP contribution in [0.5, 0.6) is 11.9 Å². The van der Waals surface area contributed by atoms with Gasteiger partial charge >= 0.3 is 6.01 Å². The Labute approximate surface area is 135 Å². The summed E-state index contributed by atoms with van der Waals surface area (Å²) in [7, 11) is 3.19. The summed E-state index contributed by atoms with van der Waals surface area (Å²) in [4.78, 5) is 8.93. The minimum Gasteiger partial charge on any atom is -0.480 e. The zero-order valence-electron chi connectivity index (χ0n) is 13.7. The first-order valence-electron chi connectivity index (χ1n) is 7.61. The van der Waals surface area contributed by atoms with Crippen LogP contribution < -0.4 is 9.47 Å². The molecule has 3 aromatic rings. The van der Waals surface area contributed by atoms with Crippen LogP contribution >= 0.6 is 0 Å². The first-order chi connectivity index (χ1) is 11.1. The van der Waals surface area contributed by atoms with Crippen molar-refractivity contribution in [2.75, 3.05) is 14.2 Å². The molecule has 0 saturated heterocycles. The molecule has 4 nitrogen and oxygen atoms in total. The lowest BCUT2D eigenvalue weighted by Gasteiger charge is -2.21. The van der Waals surface area contributed by atoms with Gasteiger partial charge in [0.05, 0.1) is 25.1 Å². The molecule has 1 aliphatic carbocycles. The molecule has 0 saturated carbocycles. The number of hydrogen-bond acceptors (Lipinski definition) is 4. The average Bonchev–Trinajstić information content (AvgIpc) is 2.82. The summed E-state index contributed by atoms with van der Waals surface area (Å²) in [5.41, 5.74) is 5.80. The first kappa shape index (κ1) is 14.0. The molecule has 4 heteroatoms.